The first-order chi connectivity index (χ1) is 5.33. The Morgan fingerprint density at radius 1 is 1.27 bits per heavy atom. The van der Waals surface area contributed by atoms with Gasteiger partial charge in [-0.25, -0.2) is 5.11 Å². The molecule has 1 radical (unpaired) electrons. The maximum Gasteiger partial charge on any atom is 0.0916 e. The van der Waals surface area contributed by atoms with Crippen molar-refractivity contribution in [1.29, 1.82) is 0 Å². The van der Waals surface area contributed by atoms with Crippen molar-refractivity contribution in [1.82, 2.24) is 0 Å². The Hall–Kier alpha value is -0.470. The van der Waals surface area contributed by atoms with Crippen LogP contribution in [-0.4, -0.2) is 12.4 Å². The van der Waals surface area contributed by atoms with Gasteiger partial charge < -0.3 is 0 Å². The molecule has 1 aromatic carbocycles. The van der Waals surface area contributed by atoms with Gasteiger partial charge in [0.25, 0.3) is 0 Å². The molecular weight excluding hydrogens is 156 g/mol. The molecule has 1 rings (SSSR count). The lowest BCUT2D eigenvalue weighted by molar-refractivity contribution is 0.215. The highest BCUT2D eigenvalue weighted by Crippen LogP contribution is 2.17. The van der Waals surface area contributed by atoms with Crippen molar-refractivity contribution in [3.05, 3.63) is 29.8 Å². The van der Waals surface area contributed by atoms with Crippen molar-refractivity contribution in [3.63, 3.8) is 0 Å². The summed E-state index contributed by atoms with van der Waals surface area (Å²) >= 11 is 1.62. The lowest BCUT2D eigenvalue weighted by Gasteiger charge is -1.97. The number of hydrogen-bond donors (Lipinski definition) is 0. The lowest BCUT2D eigenvalue weighted by atomic mass is 10.2. The minimum atomic E-state index is -0.00145. The van der Waals surface area contributed by atoms with E-state index in [1.54, 1.807) is 11.8 Å². The first-order valence-corrected chi connectivity index (χ1v) is 4.59. The molecular formula is C9H11OS. The first kappa shape index (κ1) is 8.62. The summed E-state index contributed by atoms with van der Waals surface area (Å²) in [4.78, 5) is 1.19. The molecule has 2 heteroatoms. The molecule has 0 amide bonds. The van der Waals surface area contributed by atoms with Crippen LogP contribution >= 0.6 is 11.8 Å². The number of rotatable bonds is 3. The molecule has 11 heavy (non-hydrogen) atoms. The number of hydrogen-bond acceptors (Lipinski definition) is 1. The Morgan fingerprint density at radius 2 is 1.91 bits per heavy atom. The topological polar surface area (TPSA) is 19.9 Å². The Morgan fingerprint density at radius 3 is 2.45 bits per heavy atom. The Balaban J connectivity index is 2.52. The fraction of sp³-hybridized carbons (Fsp3) is 0.333. The molecule has 0 atom stereocenters. The number of aryl methyl sites for hydroxylation is 1. The second-order valence-corrected chi connectivity index (χ2v) is 3.53. The minimum Gasteiger partial charge on any atom is -0.236 e. The number of thioether (sulfide) groups is 1. The standard InChI is InChI=1S/C9H11OS/c1-8-2-4-9(5-3-8)11-7-6-10/h2-5H,6-7H2,1H3. The molecule has 0 heterocycles. The Kier molecular flexibility index (Phi) is 3.46. The zero-order chi connectivity index (χ0) is 8.10. The van der Waals surface area contributed by atoms with Gasteiger partial charge in [0.1, 0.15) is 0 Å². The molecule has 0 aromatic heterocycles. The van der Waals surface area contributed by atoms with Gasteiger partial charge in [0.2, 0.25) is 0 Å². The SMILES string of the molecule is Cc1ccc(SCC[O])cc1. The predicted octanol–water partition coefficient (Wildman–Crippen LogP) is 2.52. The van der Waals surface area contributed by atoms with Crippen LogP contribution in [0.5, 0.6) is 0 Å². The van der Waals surface area contributed by atoms with Gasteiger partial charge in [0, 0.05) is 10.6 Å². The van der Waals surface area contributed by atoms with Crippen LogP contribution in [0.15, 0.2) is 29.2 Å². The van der Waals surface area contributed by atoms with Gasteiger partial charge in [-0.15, -0.1) is 11.8 Å². The summed E-state index contributed by atoms with van der Waals surface area (Å²) in [5.41, 5.74) is 1.26. The highest BCUT2D eigenvalue weighted by Gasteiger charge is 1.91. The van der Waals surface area contributed by atoms with E-state index < -0.39 is 0 Å². The maximum absolute atomic E-state index is 10.1. The van der Waals surface area contributed by atoms with Gasteiger partial charge in [0.15, 0.2) is 0 Å². The highest BCUT2D eigenvalue weighted by atomic mass is 32.2. The van der Waals surface area contributed by atoms with Crippen LogP contribution in [0.25, 0.3) is 0 Å². The van der Waals surface area contributed by atoms with E-state index in [1.165, 1.54) is 10.5 Å². The average molecular weight is 167 g/mol. The second-order valence-electron chi connectivity index (χ2n) is 2.37. The van der Waals surface area contributed by atoms with E-state index in [0.717, 1.165) is 0 Å². The van der Waals surface area contributed by atoms with E-state index in [4.69, 9.17) is 0 Å². The van der Waals surface area contributed by atoms with Gasteiger partial charge in [0.05, 0.1) is 6.61 Å². The van der Waals surface area contributed by atoms with Crippen molar-refractivity contribution in [2.75, 3.05) is 12.4 Å². The second kappa shape index (κ2) is 4.42. The third-order valence-corrected chi connectivity index (χ3v) is 2.35. The molecule has 1 aromatic rings. The van der Waals surface area contributed by atoms with Crippen molar-refractivity contribution >= 4 is 11.8 Å². The smallest absolute Gasteiger partial charge is 0.0916 e. The molecule has 0 aliphatic rings. The summed E-state index contributed by atoms with van der Waals surface area (Å²) in [6.45, 7) is 2.06. The highest BCUT2D eigenvalue weighted by molar-refractivity contribution is 7.99. The summed E-state index contributed by atoms with van der Waals surface area (Å²) in [6, 6.07) is 8.23. The van der Waals surface area contributed by atoms with Crippen molar-refractivity contribution in [3.8, 4) is 0 Å². The molecule has 0 fully saturated rings. The van der Waals surface area contributed by atoms with Crippen LogP contribution in [0, 0.1) is 6.92 Å². The van der Waals surface area contributed by atoms with E-state index in [2.05, 4.69) is 31.2 Å². The zero-order valence-electron chi connectivity index (χ0n) is 6.54. The first-order valence-electron chi connectivity index (χ1n) is 3.60. The van der Waals surface area contributed by atoms with Crippen molar-refractivity contribution in [2.24, 2.45) is 0 Å². The third-order valence-electron chi connectivity index (χ3n) is 1.37. The quantitative estimate of drug-likeness (QED) is 0.633. The van der Waals surface area contributed by atoms with E-state index in [9.17, 15) is 5.11 Å². The van der Waals surface area contributed by atoms with Gasteiger partial charge >= 0.3 is 0 Å². The van der Waals surface area contributed by atoms with E-state index in [1.807, 2.05) is 0 Å². The molecule has 0 aliphatic heterocycles. The molecule has 0 aliphatic carbocycles. The van der Waals surface area contributed by atoms with Gasteiger partial charge in [-0.1, -0.05) is 17.7 Å². The molecule has 0 spiro atoms. The summed E-state index contributed by atoms with van der Waals surface area (Å²) in [6.07, 6.45) is 0. The fourth-order valence-electron chi connectivity index (χ4n) is 0.794. The zero-order valence-corrected chi connectivity index (χ0v) is 7.36. The molecule has 0 bridgehead atoms. The molecule has 1 nitrogen and oxygen atoms in total. The molecule has 0 saturated carbocycles. The van der Waals surface area contributed by atoms with Gasteiger partial charge in [-0.3, -0.25) is 0 Å². The molecule has 0 unspecified atom stereocenters. The molecule has 59 valence electrons. The predicted molar refractivity (Wildman–Crippen MR) is 47.5 cm³/mol. The summed E-state index contributed by atoms with van der Waals surface area (Å²) in [5.74, 6) is 0.670. The lowest BCUT2D eigenvalue weighted by Crippen LogP contribution is -1.83. The van der Waals surface area contributed by atoms with Crippen LogP contribution in [0.2, 0.25) is 0 Å². The van der Waals surface area contributed by atoms with Gasteiger partial charge in [-0.2, -0.15) is 0 Å². The van der Waals surface area contributed by atoms with Gasteiger partial charge in [-0.05, 0) is 19.1 Å². The van der Waals surface area contributed by atoms with E-state index >= 15 is 0 Å². The van der Waals surface area contributed by atoms with Crippen LogP contribution in [0.3, 0.4) is 0 Å². The third kappa shape index (κ3) is 2.95. The summed E-state index contributed by atoms with van der Waals surface area (Å²) in [5, 5.41) is 10.1. The van der Waals surface area contributed by atoms with Crippen molar-refractivity contribution in [2.45, 2.75) is 11.8 Å². The van der Waals surface area contributed by atoms with Crippen LogP contribution in [0.4, 0.5) is 0 Å². The number of benzene rings is 1. The average Bonchev–Trinajstić information content (AvgIpc) is 2.04. The van der Waals surface area contributed by atoms with Crippen molar-refractivity contribution < 1.29 is 5.11 Å². The fourth-order valence-corrected chi connectivity index (χ4v) is 1.44. The summed E-state index contributed by atoms with van der Waals surface area (Å²) in [7, 11) is 0. The maximum atomic E-state index is 10.1. The van der Waals surface area contributed by atoms with Crippen LogP contribution in [0.1, 0.15) is 5.56 Å². The monoisotopic (exact) mass is 167 g/mol. The largest absolute Gasteiger partial charge is 0.236 e. The minimum absolute atomic E-state index is 0.00145. The molecule has 0 N–H and O–H groups in total. The van der Waals surface area contributed by atoms with Crippen LogP contribution < -0.4 is 0 Å². The van der Waals surface area contributed by atoms with E-state index in [0.29, 0.717) is 5.75 Å². The van der Waals surface area contributed by atoms with E-state index in [-0.39, 0.29) is 6.61 Å². The Bertz CT molecular complexity index is 205. The van der Waals surface area contributed by atoms with Crippen LogP contribution in [-0.2, 0) is 5.11 Å². The normalized spacial score (nSPS) is 10.0. The molecule has 0 saturated heterocycles. The Labute approximate surface area is 71.4 Å². The summed E-state index contributed by atoms with van der Waals surface area (Å²) < 4.78 is 0.